The number of rotatable bonds is 6. The molecule has 0 saturated carbocycles. The van der Waals surface area contributed by atoms with E-state index in [9.17, 15) is 9.90 Å². The predicted octanol–water partition coefficient (Wildman–Crippen LogP) is 5.68. The second-order valence-electron chi connectivity index (χ2n) is 10.4. The third-order valence-corrected chi connectivity index (χ3v) is 7.88. The fourth-order valence-electron chi connectivity index (χ4n) is 5.15. The standard InChI is InChI=1S/C31H34ClN5O2/c1-20-18-37(21(2)17-35(20)3)19-28(38)36(4)25-13-11-24(12-14-25)33-30(22-8-6-5-7-9-22)29-26-15-10-23(32)16-27(26)34-31(29)39/h5-16,20-21,34,39H,17-19H2,1-4H3/t20-,21-/m1/s1. The van der Waals surface area contributed by atoms with Gasteiger partial charge in [-0.1, -0.05) is 48.0 Å². The van der Waals surface area contributed by atoms with Gasteiger partial charge in [0.05, 0.1) is 29.0 Å². The average Bonchev–Trinajstić information content (AvgIpc) is 3.25. The minimum Gasteiger partial charge on any atom is -0.494 e. The molecule has 39 heavy (non-hydrogen) atoms. The minimum atomic E-state index is 0.0317. The van der Waals surface area contributed by atoms with Gasteiger partial charge in [0, 0.05) is 53.9 Å². The number of nitrogens with zero attached hydrogens (tertiary/aromatic N) is 4. The number of fused-ring (bicyclic) bond motifs is 1. The molecule has 0 aliphatic carbocycles. The number of hydrogen-bond donors (Lipinski definition) is 2. The highest BCUT2D eigenvalue weighted by Crippen LogP contribution is 2.33. The number of hydrogen-bond acceptors (Lipinski definition) is 5. The van der Waals surface area contributed by atoms with Crippen LogP contribution in [0.2, 0.25) is 5.02 Å². The summed E-state index contributed by atoms with van der Waals surface area (Å²) in [7, 11) is 3.95. The number of aromatic amines is 1. The molecular formula is C31H34ClN5O2. The van der Waals surface area contributed by atoms with E-state index in [1.807, 2.05) is 67.7 Å². The molecule has 2 N–H and O–H groups in total. The van der Waals surface area contributed by atoms with Crippen LogP contribution in [0.25, 0.3) is 10.9 Å². The summed E-state index contributed by atoms with van der Waals surface area (Å²) in [6, 6.07) is 23.6. The molecule has 202 valence electrons. The van der Waals surface area contributed by atoms with Crippen molar-refractivity contribution >= 4 is 45.5 Å². The van der Waals surface area contributed by atoms with E-state index < -0.39 is 0 Å². The van der Waals surface area contributed by atoms with Crippen molar-refractivity contribution < 1.29 is 9.90 Å². The predicted molar refractivity (Wildman–Crippen MR) is 160 cm³/mol. The van der Waals surface area contributed by atoms with Crippen LogP contribution in [0.1, 0.15) is 25.0 Å². The van der Waals surface area contributed by atoms with Gasteiger partial charge in [0.1, 0.15) is 0 Å². The monoisotopic (exact) mass is 543 g/mol. The summed E-state index contributed by atoms with van der Waals surface area (Å²) in [4.78, 5) is 27.4. The Hall–Kier alpha value is -3.65. The van der Waals surface area contributed by atoms with E-state index >= 15 is 0 Å². The molecule has 3 aromatic carbocycles. The lowest BCUT2D eigenvalue weighted by Crippen LogP contribution is -2.57. The largest absolute Gasteiger partial charge is 0.494 e. The van der Waals surface area contributed by atoms with Crippen molar-refractivity contribution in [2.45, 2.75) is 25.9 Å². The number of halogens is 1. The number of benzene rings is 3. The van der Waals surface area contributed by atoms with Crippen molar-refractivity contribution in [3.8, 4) is 5.88 Å². The highest BCUT2D eigenvalue weighted by molar-refractivity contribution is 6.31. The first kappa shape index (κ1) is 26.9. The Morgan fingerprint density at radius 2 is 1.77 bits per heavy atom. The molecule has 0 bridgehead atoms. The first-order valence-corrected chi connectivity index (χ1v) is 13.5. The molecule has 1 fully saturated rings. The maximum atomic E-state index is 13.1. The zero-order valence-electron chi connectivity index (χ0n) is 22.7. The number of nitrogens with one attached hydrogen (secondary N) is 1. The molecule has 5 rings (SSSR count). The highest BCUT2D eigenvalue weighted by Gasteiger charge is 2.29. The summed E-state index contributed by atoms with van der Waals surface area (Å²) in [6.45, 7) is 6.58. The first-order valence-electron chi connectivity index (χ1n) is 13.2. The van der Waals surface area contributed by atoms with Crippen LogP contribution >= 0.6 is 11.6 Å². The smallest absolute Gasteiger partial charge is 0.240 e. The Morgan fingerprint density at radius 1 is 1.05 bits per heavy atom. The van der Waals surface area contributed by atoms with Gasteiger partial charge in [-0.2, -0.15) is 0 Å². The Kier molecular flexibility index (Phi) is 7.75. The number of H-pyrrole nitrogens is 1. The van der Waals surface area contributed by atoms with Crippen LogP contribution in [0.5, 0.6) is 5.88 Å². The van der Waals surface area contributed by atoms with E-state index in [-0.39, 0.29) is 11.8 Å². The third-order valence-electron chi connectivity index (χ3n) is 7.64. The van der Waals surface area contributed by atoms with Gasteiger partial charge >= 0.3 is 0 Å². The van der Waals surface area contributed by atoms with Gasteiger partial charge in [0.15, 0.2) is 5.88 Å². The number of aromatic hydroxyl groups is 1. The number of carbonyl (C=O) groups is 1. The van der Waals surface area contributed by atoms with E-state index in [0.29, 0.717) is 40.6 Å². The number of anilines is 1. The third kappa shape index (κ3) is 5.71. The zero-order valence-corrected chi connectivity index (χ0v) is 23.5. The summed E-state index contributed by atoms with van der Waals surface area (Å²) >= 11 is 6.18. The lowest BCUT2D eigenvalue weighted by molar-refractivity contribution is -0.120. The molecule has 1 saturated heterocycles. The summed E-state index contributed by atoms with van der Waals surface area (Å²) in [5.74, 6) is 0.0893. The number of amides is 1. The SMILES string of the molecule is C[C@@H]1CN(CC(=O)N(C)c2ccc(N=C(c3ccccc3)c3c(O)[nH]c4cc(Cl)ccc34)cc2)[C@H](C)CN1C. The number of carbonyl (C=O) groups excluding carboxylic acids is 1. The molecule has 0 unspecified atom stereocenters. The molecule has 7 nitrogen and oxygen atoms in total. The van der Waals surface area contributed by atoms with Gasteiger partial charge in [-0.3, -0.25) is 9.69 Å². The average molecular weight is 544 g/mol. The molecule has 1 aliphatic rings. The van der Waals surface area contributed by atoms with Crippen LogP contribution < -0.4 is 4.90 Å². The van der Waals surface area contributed by atoms with Crippen molar-refractivity contribution in [3.05, 3.63) is 88.9 Å². The molecular weight excluding hydrogens is 510 g/mol. The van der Waals surface area contributed by atoms with Crippen LogP contribution in [0, 0.1) is 0 Å². The highest BCUT2D eigenvalue weighted by atomic mass is 35.5. The number of piperazine rings is 1. The molecule has 1 aliphatic heterocycles. The van der Waals surface area contributed by atoms with E-state index in [4.69, 9.17) is 16.6 Å². The number of likely N-dealkylation sites (N-methyl/N-ethyl adjacent to an activating group) is 2. The Bertz CT molecular complexity index is 1500. The van der Waals surface area contributed by atoms with Crippen molar-refractivity contribution in [2.24, 2.45) is 4.99 Å². The lowest BCUT2D eigenvalue weighted by Gasteiger charge is -2.42. The van der Waals surface area contributed by atoms with Gasteiger partial charge in [0.2, 0.25) is 5.91 Å². The first-order chi connectivity index (χ1) is 18.7. The molecule has 2 heterocycles. The molecule has 0 spiro atoms. The van der Waals surface area contributed by atoms with E-state index in [2.05, 4.69) is 35.7 Å². The van der Waals surface area contributed by atoms with E-state index in [1.54, 1.807) is 17.0 Å². The lowest BCUT2D eigenvalue weighted by atomic mass is 10.0. The van der Waals surface area contributed by atoms with Crippen molar-refractivity contribution in [3.63, 3.8) is 0 Å². The van der Waals surface area contributed by atoms with Crippen LogP contribution in [0.15, 0.2) is 77.8 Å². The van der Waals surface area contributed by atoms with Gasteiger partial charge in [0.25, 0.3) is 0 Å². The molecule has 4 aromatic rings. The van der Waals surface area contributed by atoms with Crippen LogP contribution in [-0.2, 0) is 4.79 Å². The maximum absolute atomic E-state index is 13.1. The summed E-state index contributed by atoms with van der Waals surface area (Å²) < 4.78 is 0. The number of aromatic nitrogens is 1. The molecule has 1 aromatic heterocycles. The summed E-state index contributed by atoms with van der Waals surface area (Å²) in [6.07, 6.45) is 0. The Labute approximate surface area is 234 Å². The second kappa shape index (κ2) is 11.2. The Morgan fingerprint density at radius 3 is 2.49 bits per heavy atom. The maximum Gasteiger partial charge on any atom is 0.240 e. The van der Waals surface area contributed by atoms with Gasteiger partial charge in [-0.25, -0.2) is 4.99 Å². The van der Waals surface area contributed by atoms with Crippen LogP contribution in [0.4, 0.5) is 11.4 Å². The Balaban J connectivity index is 1.42. The zero-order chi connectivity index (χ0) is 27.7. The van der Waals surface area contributed by atoms with Gasteiger partial charge in [-0.05, 0) is 57.3 Å². The molecule has 8 heteroatoms. The quantitative estimate of drug-likeness (QED) is 0.307. The minimum absolute atomic E-state index is 0.0317. The van der Waals surface area contributed by atoms with Gasteiger partial charge in [-0.15, -0.1) is 0 Å². The number of aliphatic imine (C=N–C) groups is 1. The second-order valence-corrected chi connectivity index (χ2v) is 10.8. The van der Waals surface area contributed by atoms with Crippen molar-refractivity contribution in [1.82, 2.24) is 14.8 Å². The van der Waals surface area contributed by atoms with Crippen molar-refractivity contribution in [2.75, 3.05) is 38.6 Å². The van der Waals surface area contributed by atoms with E-state index in [0.717, 1.165) is 35.2 Å². The molecule has 1 amide bonds. The molecule has 0 radical (unpaired) electrons. The van der Waals surface area contributed by atoms with Crippen LogP contribution in [0.3, 0.4) is 0 Å². The fraction of sp³-hybridized carbons (Fsp3) is 0.290. The van der Waals surface area contributed by atoms with Crippen LogP contribution in [-0.4, -0.2) is 77.3 Å². The molecule has 2 atom stereocenters. The summed E-state index contributed by atoms with van der Waals surface area (Å²) in [5, 5.41) is 12.3. The fourth-order valence-corrected chi connectivity index (χ4v) is 5.32. The van der Waals surface area contributed by atoms with E-state index in [1.165, 1.54) is 0 Å². The summed E-state index contributed by atoms with van der Waals surface area (Å²) in [5.41, 5.74) is 4.37. The van der Waals surface area contributed by atoms with Crippen molar-refractivity contribution in [1.29, 1.82) is 0 Å². The van der Waals surface area contributed by atoms with Gasteiger partial charge < -0.3 is 19.9 Å². The topological polar surface area (TPSA) is 75.2 Å². The normalized spacial score (nSPS) is 18.9.